The van der Waals surface area contributed by atoms with Crippen molar-refractivity contribution in [3.05, 3.63) is 47.7 Å². The highest BCUT2D eigenvalue weighted by molar-refractivity contribution is 5.80. The van der Waals surface area contributed by atoms with E-state index in [2.05, 4.69) is 51.4 Å². The summed E-state index contributed by atoms with van der Waals surface area (Å²) in [4.78, 5) is 7.66. The van der Waals surface area contributed by atoms with Crippen LogP contribution in [0.2, 0.25) is 0 Å². The molecule has 41 heavy (non-hydrogen) atoms. The third-order valence-corrected chi connectivity index (χ3v) is 10.9. The molecule has 220 valence electrons. The van der Waals surface area contributed by atoms with E-state index < -0.39 is 28.8 Å². The van der Waals surface area contributed by atoms with E-state index in [1.807, 2.05) is 19.1 Å². The molecular weight excluding hydrogens is 516 g/mol. The van der Waals surface area contributed by atoms with Gasteiger partial charge in [0.2, 0.25) is 0 Å². The molecule has 1 aromatic carbocycles. The number of aromatic nitrogens is 1. The number of hydrogen-bond donors (Lipinski definition) is 7. The standard InChI is InChI=1S/C33H44N4O4/c1-31(40)10-11-32-19-27-26(31)17-29(39)33(27,41)18-24(37-30(34)35-2)8-7-22(32)13-20(9-12-38)14-23(32)16-25-15-21-5-3-4-6-28(21)36-25/h3-6,14-15,20,22,24,26-27,29,36,38-41H,9-13,16-19H2,1-2H3,(H3,34,35,37)/t20-,22-,24+,26-,27-,29+,31+,32-,33+/m0/s1. The summed E-state index contributed by atoms with van der Waals surface area (Å²) in [5.74, 6) is 6.85. The number of para-hydroxylation sites is 1. The minimum absolute atomic E-state index is 0.0397. The summed E-state index contributed by atoms with van der Waals surface area (Å²) < 4.78 is 0. The monoisotopic (exact) mass is 560 g/mol. The number of aliphatic imine (C=N–C) groups is 1. The maximum atomic E-state index is 12.3. The Bertz CT molecular complexity index is 1390. The van der Waals surface area contributed by atoms with Gasteiger partial charge in [0.15, 0.2) is 5.96 Å². The molecule has 0 unspecified atom stereocenters. The number of rotatable bonds is 5. The normalized spacial score (nSPS) is 40.3. The number of nitrogens with two attached hydrogens (primary N) is 1. The van der Waals surface area contributed by atoms with Crippen LogP contribution in [0, 0.1) is 40.9 Å². The summed E-state index contributed by atoms with van der Waals surface area (Å²) in [5.41, 5.74) is 6.67. The lowest BCUT2D eigenvalue weighted by Gasteiger charge is -2.48. The number of fused-ring (bicyclic) bond motifs is 1. The fraction of sp³-hybridized carbons (Fsp3) is 0.606. The van der Waals surface area contributed by atoms with E-state index in [9.17, 15) is 20.4 Å². The highest BCUT2D eigenvalue weighted by Gasteiger charge is 2.63. The number of aliphatic hydroxyl groups is 4. The van der Waals surface area contributed by atoms with Gasteiger partial charge in [0.1, 0.15) is 0 Å². The van der Waals surface area contributed by atoms with Crippen LogP contribution in [0.15, 0.2) is 47.0 Å². The van der Waals surface area contributed by atoms with Crippen LogP contribution in [0.1, 0.15) is 57.6 Å². The zero-order valence-corrected chi connectivity index (χ0v) is 24.1. The van der Waals surface area contributed by atoms with Crippen molar-refractivity contribution in [1.82, 2.24) is 10.3 Å². The first-order valence-corrected chi connectivity index (χ1v) is 15.1. The van der Waals surface area contributed by atoms with Gasteiger partial charge in [-0.25, -0.2) is 0 Å². The van der Waals surface area contributed by atoms with Crippen LogP contribution in [0.3, 0.4) is 0 Å². The van der Waals surface area contributed by atoms with Crippen molar-refractivity contribution >= 4 is 16.9 Å². The van der Waals surface area contributed by atoms with E-state index in [1.54, 1.807) is 7.05 Å². The average molecular weight is 561 g/mol. The van der Waals surface area contributed by atoms with Gasteiger partial charge in [0.25, 0.3) is 0 Å². The maximum Gasteiger partial charge on any atom is 0.189 e. The van der Waals surface area contributed by atoms with Gasteiger partial charge < -0.3 is 36.5 Å². The second kappa shape index (κ2) is 10.5. The molecule has 8 heteroatoms. The number of H-pyrrole nitrogens is 1. The number of aromatic amines is 1. The Labute approximate surface area is 242 Å². The smallest absolute Gasteiger partial charge is 0.189 e. The van der Waals surface area contributed by atoms with Crippen molar-refractivity contribution in [1.29, 1.82) is 0 Å². The van der Waals surface area contributed by atoms with Gasteiger partial charge in [-0.05, 0) is 80.7 Å². The second-order valence-electron chi connectivity index (χ2n) is 13.3. The van der Waals surface area contributed by atoms with Gasteiger partial charge in [0, 0.05) is 49.0 Å². The molecular formula is C33H44N4O4. The van der Waals surface area contributed by atoms with Crippen LogP contribution < -0.4 is 11.1 Å². The Morgan fingerprint density at radius 1 is 1.15 bits per heavy atom. The molecule has 0 saturated heterocycles. The number of nitrogens with one attached hydrogen (secondary N) is 2. The van der Waals surface area contributed by atoms with Crippen molar-refractivity contribution < 1.29 is 20.4 Å². The predicted octanol–water partition coefficient (Wildman–Crippen LogP) is 2.61. The van der Waals surface area contributed by atoms with Crippen molar-refractivity contribution in [3.63, 3.8) is 0 Å². The number of hydrogen-bond acceptors (Lipinski definition) is 5. The Morgan fingerprint density at radius 2 is 1.95 bits per heavy atom. The molecule has 0 radical (unpaired) electrons. The van der Waals surface area contributed by atoms with E-state index >= 15 is 0 Å². The van der Waals surface area contributed by atoms with Crippen LogP contribution >= 0.6 is 0 Å². The van der Waals surface area contributed by atoms with Crippen LogP contribution in [0.5, 0.6) is 0 Å². The number of benzene rings is 1. The summed E-state index contributed by atoms with van der Waals surface area (Å²) in [5, 5.41) is 49.8. The van der Waals surface area contributed by atoms with Crippen molar-refractivity contribution in [2.75, 3.05) is 13.7 Å². The molecule has 4 aliphatic carbocycles. The first-order valence-electron chi connectivity index (χ1n) is 15.1. The molecule has 8 nitrogen and oxygen atoms in total. The van der Waals surface area contributed by atoms with E-state index in [-0.39, 0.29) is 42.7 Å². The van der Waals surface area contributed by atoms with E-state index in [0.29, 0.717) is 32.1 Å². The molecule has 8 N–H and O–H groups in total. The first-order chi connectivity index (χ1) is 19.6. The third kappa shape index (κ3) is 4.87. The summed E-state index contributed by atoms with van der Waals surface area (Å²) in [6.07, 6.45) is 6.04. The summed E-state index contributed by atoms with van der Waals surface area (Å²) in [7, 11) is 1.60. The minimum atomic E-state index is -1.44. The molecule has 0 amide bonds. The molecule has 2 fully saturated rings. The fourth-order valence-electron chi connectivity index (χ4n) is 8.68. The van der Waals surface area contributed by atoms with Gasteiger partial charge in [-0.3, -0.25) is 4.99 Å². The molecule has 0 aliphatic heterocycles. The summed E-state index contributed by atoms with van der Waals surface area (Å²) in [6.45, 7) is 1.98. The van der Waals surface area contributed by atoms with Crippen LogP contribution in [-0.2, 0) is 6.42 Å². The molecule has 6 rings (SSSR count). The number of nitrogens with zero attached hydrogens (tertiary/aromatic N) is 1. The largest absolute Gasteiger partial charge is 0.396 e. The fourth-order valence-corrected chi connectivity index (χ4v) is 8.68. The molecule has 4 aliphatic rings. The van der Waals surface area contributed by atoms with Crippen LogP contribution in [0.4, 0.5) is 0 Å². The number of aliphatic hydroxyl groups excluding tert-OH is 2. The molecule has 9 atom stereocenters. The van der Waals surface area contributed by atoms with Gasteiger partial charge in [-0.2, -0.15) is 0 Å². The third-order valence-electron chi connectivity index (χ3n) is 10.9. The van der Waals surface area contributed by atoms with Crippen molar-refractivity contribution in [3.8, 4) is 11.8 Å². The van der Waals surface area contributed by atoms with Gasteiger partial charge in [-0.15, -0.1) is 0 Å². The molecule has 1 spiro atoms. The van der Waals surface area contributed by atoms with Crippen molar-refractivity contribution in [2.45, 2.75) is 81.6 Å². The number of allylic oxidation sites excluding steroid dienone is 2. The lowest BCUT2D eigenvalue weighted by Crippen LogP contribution is -2.52. The van der Waals surface area contributed by atoms with Crippen LogP contribution in [-0.4, -0.2) is 68.4 Å². The summed E-state index contributed by atoms with van der Waals surface area (Å²) >= 11 is 0. The Hall–Kier alpha value is -2.83. The molecule has 1 heterocycles. The lowest BCUT2D eigenvalue weighted by atomic mass is 9.56. The van der Waals surface area contributed by atoms with E-state index in [0.717, 1.165) is 29.4 Å². The Morgan fingerprint density at radius 3 is 2.71 bits per heavy atom. The van der Waals surface area contributed by atoms with E-state index in [1.165, 1.54) is 5.57 Å². The summed E-state index contributed by atoms with van der Waals surface area (Å²) in [6, 6.07) is 9.97. The average Bonchev–Trinajstić information content (AvgIpc) is 3.43. The molecule has 1 aromatic heterocycles. The van der Waals surface area contributed by atoms with Gasteiger partial charge in [0.05, 0.1) is 23.3 Å². The quantitative estimate of drug-likeness (QED) is 0.129. The van der Waals surface area contributed by atoms with Gasteiger partial charge in [-0.1, -0.05) is 41.7 Å². The molecule has 2 aromatic rings. The highest BCUT2D eigenvalue weighted by Crippen LogP contribution is 2.62. The SMILES string of the molecule is CN=C(N)N[C@@H]1C#C[C@H]2C[C@H](CCO)C=C(Cc3cc4ccccc4[nH]3)[C@]23CC[C@@](C)(O)[C@H]2C[C@@H](O)[C@@](O)(C1)[C@H]2C3. The lowest BCUT2D eigenvalue weighted by molar-refractivity contribution is -0.106. The molecule has 2 bridgehead atoms. The maximum absolute atomic E-state index is 12.3. The van der Waals surface area contributed by atoms with Crippen molar-refractivity contribution in [2.24, 2.45) is 39.8 Å². The Kier molecular flexibility index (Phi) is 7.22. The predicted molar refractivity (Wildman–Crippen MR) is 160 cm³/mol. The zero-order chi connectivity index (χ0) is 29.0. The first kappa shape index (κ1) is 28.3. The Balaban J connectivity index is 1.51. The second-order valence-corrected chi connectivity index (χ2v) is 13.3. The minimum Gasteiger partial charge on any atom is -0.396 e. The topological polar surface area (TPSA) is 147 Å². The zero-order valence-electron chi connectivity index (χ0n) is 24.1. The van der Waals surface area contributed by atoms with Crippen LogP contribution in [0.25, 0.3) is 10.9 Å². The number of guanidine groups is 1. The van der Waals surface area contributed by atoms with E-state index in [4.69, 9.17) is 5.73 Å². The van der Waals surface area contributed by atoms with Gasteiger partial charge >= 0.3 is 0 Å². The highest BCUT2D eigenvalue weighted by atomic mass is 16.3. The molecule has 2 saturated carbocycles.